The normalized spacial score (nSPS) is 22.3. The highest BCUT2D eigenvalue weighted by atomic mass is 35.5. The molecular formula is C23H23ClF2N4O5S. The fourth-order valence-electron chi connectivity index (χ4n) is 4.06. The summed E-state index contributed by atoms with van der Waals surface area (Å²) < 4.78 is 38.9. The molecule has 192 valence electrons. The number of likely N-dealkylation sites (tertiary alicyclic amines) is 1. The molecule has 2 aliphatic rings. The summed E-state index contributed by atoms with van der Waals surface area (Å²) >= 11 is 7.68. The van der Waals surface area contributed by atoms with E-state index in [0.717, 1.165) is 6.07 Å². The van der Waals surface area contributed by atoms with Crippen LogP contribution in [-0.4, -0.2) is 77.9 Å². The first kappa shape index (κ1) is 26.1. The van der Waals surface area contributed by atoms with Crippen LogP contribution < -0.4 is 5.32 Å². The smallest absolute Gasteiger partial charge is 0.338 e. The minimum absolute atomic E-state index is 0.0305. The highest BCUT2D eigenvalue weighted by molar-refractivity contribution is 7.11. The molecule has 3 heterocycles. The van der Waals surface area contributed by atoms with Gasteiger partial charge in [-0.05, 0) is 19.1 Å². The van der Waals surface area contributed by atoms with E-state index in [-0.39, 0.29) is 36.8 Å². The number of ether oxygens (including phenoxy) is 2. The predicted molar refractivity (Wildman–Crippen MR) is 128 cm³/mol. The van der Waals surface area contributed by atoms with E-state index < -0.39 is 42.7 Å². The van der Waals surface area contributed by atoms with Gasteiger partial charge in [0.25, 0.3) is 0 Å². The van der Waals surface area contributed by atoms with Gasteiger partial charge in [0.2, 0.25) is 0 Å². The Morgan fingerprint density at radius 2 is 2.17 bits per heavy atom. The van der Waals surface area contributed by atoms with Gasteiger partial charge in [0.05, 0.1) is 12.2 Å². The van der Waals surface area contributed by atoms with E-state index in [1.165, 1.54) is 23.5 Å². The fraction of sp³-hybridized carbons (Fsp3) is 0.391. The van der Waals surface area contributed by atoms with Gasteiger partial charge in [-0.2, -0.15) is 0 Å². The molecule has 0 radical (unpaired) electrons. The van der Waals surface area contributed by atoms with E-state index in [4.69, 9.17) is 26.2 Å². The molecule has 13 heteroatoms. The number of carbonyl (C=O) groups is 2. The molecule has 36 heavy (non-hydrogen) atoms. The van der Waals surface area contributed by atoms with Crippen molar-refractivity contribution >= 4 is 40.7 Å². The zero-order valence-corrected chi connectivity index (χ0v) is 20.7. The van der Waals surface area contributed by atoms with Crippen molar-refractivity contribution in [3.05, 3.63) is 62.5 Å². The molecule has 0 amide bonds. The summed E-state index contributed by atoms with van der Waals surface area (Å²) in [5, 5.41) is 14.4. The maximum atomic E-state index is 14.6. The highest BCUT2D eigenvalue weighted by Crippen LogP contribution is 2.37. The Morgan fingerprint density at radius 1 is 1.36 bits per heavy atom. The maximum absolute atomic E-state index is 14.6. The molecule has 0 aliphatic carbocycles. The van der Waals surface area contributed by atoms with Crippen molar-refractivity contribution in [3.8, 4) is 0 Å². The van der Waals surface area contributed by atoms with Crippen LogP contribution in [-0.2, 0) is 19.1 Å². The Kier molecular flexibility index (Phi) is 8.29. The third-order valence-corrected chi connectivity index (χ3v) is 6.70. The molecule has 4 rings (SSSR count). The van der Waals surface area contributed by atoms with E-state index in [9.17, 15) is 18.4 Å². The minimum Gasteiger partial charge on any atom is -0.480 e. The number of hydrogen-bond donors (Lipinski definition) is 2. The Bertz CT molecular complexity index is 1190. The maximum Gasteiger partial charge on any atom is 0.338 e. The van der Waals surface area contributed by atoms with Crippen LogP contribution in [0.25, 0.3) is 0 Å². The molecule has 0 bridgehead atoms. The van der Waals surface area contributed by atoms with Crippen LogP contribution in [0.5, 0.6) is 0 Å². The van der Waals surface area contributed by atoms with Crippen molar-refractivity contribution in [2.75, 3.05) is 32.8 Å². The first-order valence-corrected chi connectivity index (χ1v) is 12.3. The largest absolute Gasteiger partial charge is 0.480 e. The predicted octanol–water partition coefficient (Wildman–Crippen LogP) is 2.97. The first-order chi connectivity index (χ1) is 17.3. The van der Waals surface area contributed by atoms with E-state index in [1.54, 1.807) is 23.4 Å². The molecule has 1 aromatic heterocycles. The summed E-state index contributed by atoms with van der Waals surface area (Å²) in [6, 6.07) is 2.88. The number of nitrogens with zero attached hydrogens (tertiary/aromatic N) is 3. The van der Waals surface area contributed by atoms with Gasteiger partial charge in [-0.25, -0.2) is 23.4 Å². The van der Waals surface area contributed by atoms with Gasteiger partial charge in [-0.3, -0.25) is 9.89 Å². The van der Waals surface area contributed by atoms with Crippen LogP contribution in [0.4, 0.5) is 8.78 Å². The van der Waals surface area contributed by atoms with Crippen LogP contribution in [0.3, 0.4) is 0 Å². The first-order valence-electron chi connectivity index (χ1n) is 11.1. The second-order valence-electron chi connectivity index (χ2n) is 8.07. The Morgan fingerprint density at radius 3 is 2.83 bits per heavy atom. The van der Waals surface area contributed by atoms with Gasteiger partial charge < -0.3 is 19.9 Å². The molecule has 1 saturated heterocycles. The molecule has 0 spiro atoms. The number of esters is 1. The number of carboxylic acid groups (broad SMARTS) is 1. The van der Waals surface area contributed by atoms with Crippen LogP contribution in [0, 0.1) is 5.82 Å². The van der Waals surface area contributed by atoms with Gasteiger partial charge in [0.15, 0.2) is 10.8 Å². The number of alkyl halides is 1. The standard InChI is InChI=1S/C23H23ClF2N4O5S/c1-2-34-23(33)19-16(9-30-8-15(26)17(10-30)35-11-18(31)32)28-21(22-27-5-6-36-22)29-20(19)13-4-3-12(25)7-14(13)24/h3-7,15,17,20H,2,8-11H2,1H3,(H,28,29)(H,31,32)/t15-,17+,20?/m0/s1. The van der Waals surface area contributed by atoms with E-state index in [2.05, 4.69) is 15.3 Å². The van der Waals surface area contributed by atoms with Gasteiger partial charge in [-0.15, -0.1) is 11.3 Å². The highest BCUT2D eigenvalue weighted by Gasteiger charge is 2.38. The third kappa shape index (κ3) is 5.89. The molecule has 1 fully saturated rings. The second kappa shape index (κ2) is 11.4. The monoisotopic (exact) mass is 540 g/mol. The minimum atomic E-state index is -1.41. The molecule has 2 aromatic rings. The van der Waals surface area contributed by atoms with Crippen LogP contribution in [0.1, 0.15) is 23.5 Å². The number of carbonyl (C=O) groups excluding carboxylic acids is 1. The van der Waals surface area contributed by atoms with Crippen molar-refractivity contribution < 1.29 is 33.0 Å². The van der Waals surface area contributed by atoms with Crippen LogP contribution in [0.2, 0.25) is 5.02 Å². The average molecular weight is 541 g/mol. The summed E-state index contributed by atoms with van der Waals surface area (Å²) in [5.74, 6) is -2.01. The lowest BCUT2D eigenvalue weighted by molar-refractivity contribution is -0.145. The van der Waals surface area contributed by atoms with Gasteiger partial charge >= 0.3 is 11.9 Å². The lowest BCUT2D eigenvalue weighted by Crippen LogP contribution is -2.39. The van der Waals surface area contributed by atoms with Crippen LogP contribution in [0.15, 0.2) is 46.0 Å². The molecule has 2 N–H and O–H groups in total. The van der Waals surface area contributed by atoms with E-state index >= 15 is 0 Å². The third-order valence-electron chi connectivity index (χ3n) is 5.59. The summed E-state index contributed by atoms with van der Waals surface area (Å²) in [5.41, 5.74) is 0.933. The Hall–Kier alpha value is -2.93. The number of nitrogens with one attached hydrogen (secondary N) is 1. The van der Waals surface area contributed by atoms with Gasteiger partial charge in [-0.1, -0.05) is 17.7 Å². The number of aromatic nitrogens is 1. The second-order valence-corrected chi connectivity index (χ2v) is 9.38. The molecule has 0 saturated carbocycles. The molecule has 2 aliphatic heterocycles. The molecule has 3 atom stereocenters. The van der Waals surface area contributed by atoms with E-state index in [0.29, 0.717) is 22.1 Å². The zero-order chi connectivity index (χ0) is 25.8. The molecule has 1 aromatic carbocycles. The molecule has 9 nitrogen and oxygen atoms in total. The lowest BCUT2D eigenvalue weighted by Gasteiger charge is -2.29. The number of rotatable bonds is 9. The number of benzene rings is 1. The van der Waals surface area contributed by atoms with E-state index in [1.807, 2.05) is 0 Å². The number of thiazole rings is 1. The molecular weight excluding hydrogens is 518 g/mol. The summed E-state index contributed by atoms with van der Waals surface area (Å²) in [4.78, 5) is 34.6. The number of carboxylic acids is 1. The zero-order valence-electron chi connectivity index (χ0n) is 19.1. The number of halogens is 3. The SMILES string of the molecule is CCOC(=O)C1=C(CN2C[C@H](F)[C@H](OCC(=O)O)C2)NC(c2nccs2)=NC1c1ccc(F)cc1Cl. The number of aliphatic imine (C=N–C) groups is 1. The number of hydrogen-bond acceptors (Lipinski definition) is 9. The van der Waals surface area contributed by atoms with Crippen molar-refractivity contribution in [2.24, 2.45) is 4.99 Å². The molecule has 1 unspecified atom stereocenters. The topological polar surface area (TPSA) is 113 Å². The van der Waals surface area contributed by atoms with Crippen molar-refractivity contribution in [1.29, 1.82) is 0 Å². The summed E-state index contributed by atoms with van der Waals surface area (Å²) in [6.45, 7) is 1.32. The van der Waals surface area contributed by atoms with Crippen molar-refractivity contribution in [2.45, 2.75) is 25.2 Å². The Labute approximate surface area is 214 Å². The van der Waals surface area contributed by atoms with Crippen molar-refractivity contribution in [3.63, 3.8) is 0 Å². The van der Waals surface area contributed by atoms with Crippen molar-refractivity contribution in [1.82, 2.24) is 15.2 Å². The summed E-state index contributed by atoms with van der Waals surface area (Å²) in [6.07, 6.45) is -0.729. The number of amidine groups is 1. The number of aliphatic carboxylic acids is 1. The van der Waals surface area contributed by atoms with Crippen LogP contribution >= 0.6 is 22.9 Å². The fourth-order valence-corrected chi connectivity index (χ4v) is 4.92. The summed E-state index contributed by atoms with van der Waals surface area (Å²) in [7, 11) is 0. The quantitative estimate of drug-likeness (QED) is 0.467. The van der Waals surface area contributed by atoms with Gasteiger partial charge in [0, 0.05) is 47.5 Å². The van der Waals surface area contributed by atoms with Gasteiger partial charge in [0.1, 0.15) is 30.7 Å². The average Bonchev–Trinajstić information content (AvgIpc) is 3.47. The Balaban J connectivity index is 1.72. The lowest BCUT2D eigenvalue weighted by atomic mass is 9.95.